The van der Waals surface area contributed by atoms with Crippen LogP contribution in [0.1, 0.15) is 98.5 Å². The Hall–Kier alpha value is -5.19. The SMILES string of the molecule is CCNCCCCC(=O)N[C@@H](CCCN=C(N)N)C(=O)N1CCC[C@H]1C(=O)N[C@@H](Cc1c[nH]c2ccccc12)C(=O)N[C@H](C(=O)N[C@@H](CC(C)C)C(=O)O)C(C)(C)C. The third kappa shape index (κ3) is 14.6. The molecule has 1 aromatic heterocycles. The van der Waals surface area contributed by atoms with Crippen molar-refractivity contribution in [3.05, 3.63) is 36.0 Å². The van der Waals surface area contributed by atoms with Gasteiger partial charge in [0.25, 0.3) is 0 Å². The number of guanidine groups is 1. The van der Waals surface area contributed by atoms with E-state index in [0.29, 0.717) is 25.7 Å². The van der Waals surface area contributed by atoms with Crippen LogP contribution in [0, 0.1) is 11.3 Å². The number of nitrogens with one attached hydrogen (secondary N) is 6. The maximum absolute atomic E-state index is 14.3. The van der Waals surface area contributed by atoms with Crippen molar-refractivity contribution < 1.29 is 33.9 Å². The molecule has 58 heavy (non-hydrogen) atoms. The first-order valence-electron chi connectivity index (χ1n) is 20.5. The lowest BCUT2D eigenvalue weighted by Crippen LogP contribution is -2.61. The van der Waals surface area contributed by atoms with Gasteiger partial charge in [0.1, 0.15) is 30.2 Å². The number of nitrogens with zero attached hydrogens (tertiary/aromatic N) is 2. The molecule has 2 aromatic rings. The molecule has 0 spiro atoms. The third-order valence-corrected chi connectivity index (χ3v) is 10.1. The van der Waals surface area contributed by atoms with Gasteiger partial charge < -0.3 is 53.0 Å². The summed E-state index contributed by atoms with van der Waals surface area (Å²) in [6.07, 6.45) is 5.17. The van der Waals surface area contributed by atoms with E-state index >= 15 is 0 Å². The van der Waals surface area contributed by atoms with E-state index in [9.17, 15) is 33.9 Å². The molecule has 1 saturated heterocycles. The highest BCUT2D eigenvalue weighted by Gasteiger charge is 2.41. The highest BCUT2D eigenvalue weighted by atomic mass is 16.4. The standard InChI is InChI=1S/C41H66N10O7/c1-7-44-19-11-10-18-33(52)47-29(16-12-20-45-40(42)43)38(56)51-21-13-17-32(51)36(54)48-30(23-26-24-46-28-15-9-8-14-27(26)28)35(53)50-34(41(4,5)6)37(55)49-31(39(57)58)22-25(2)3/h8-9,14-15,24-25,29-32,34,44,46H,7,10-13,16-23H2,1-6H3,(H,47,52)(H,48,54)(H,49,55)(H,50,53)(H,57,58)(H4,42,43,45)/t29-,30-,31-,32-,34+/m0/s1. The average molecular weight is 811 g/mol. The maximum atomic E-state index is 14.3. The van der Waals surface area contributed by atoms with Crippen LogP contribution < -0.4 is 38.1 Å². The number of aliphatic imine (C=N–C) groups is 1. The second-order valence-corrected chi connectivity index (χ2v) is 16.5. The molecule has 1 aliphatic heterocycles. The number of aliphatic carboxylic acids is 1. The molecule has 17 heteroatoms. The second-order valence-electron chi connectivity index (χ2n) is 16.5. The van der Waals surface area contributed by atoms with Crippen molar-refractivity contribution in [2.45, 2.75) is 130 Å². The van der Waals surface area contributed by atoms with Crippen molar-refractivity contribution in [1.29, 1.82) is 0 Å². The van der Waals surface area contributed by atoms with E-state index in [4.69, 9.17) is 11.5 Å². The number of hydrogen-bond donors (Lipinski definition) is 9. The van der Waals surface area contributed by atoms with Gasteiger partial charge >= 0.3 is 5.97 Å². The molecule has 11 N–H and O–H groups in total. The van der Waals surface area contributed by atoms with Gasteiger partial charge in [-0.2, -0.15) is 0 Å². The van der Waals surface area contributed by atoms with Gasteiger partial charge in [-0.3, -0.25) is 29.0 Å². The molecule has 0 bridgehead atoms. The fourth-order valence-corrected chi connectivity index (χ4v) is 7.11. The van der Waals surface area contributed by atoms with Crippen LogP contribution in [0.5, 0.6) is 0 Å². The van der Waals surface area contributed by atoms with Gasteiger partial charge in [-0.1, -0.05) is 59.7 Å². The summed E-state index contributed by atoms with van der Waals surface area (Å²) >= 11 is 0. The minimum absolute atomic E-state index is 0.0174. The molecule has 1 fully saturated rings. The van der Waals surface area contributed by atoms with Crippen LogP contribution in [0.4, 0.5) is 0 Å². The third-order valence-electron chi connectivity index (χ3n) is 10.1. The Morgan fingerprint density at radius 2 is 1.67 bits per heavy atom. The quantitative estimate of drug-likeness (QED) is 0.0445. The number of rotatable bonds is 23. The molecule has 5 amide bonds. The van der Waals surface area contributed by atoms with E-state index in [-0.39, 0.29) is 56.6 Å². The zero-order valence-corrected chi connectivity index (χ0v) is 35.0. The lowest BCUT2D eigenvalue weighted by molar-refractivity contribution is -0.143. The molecule has 1 aromatic carbocycles. The smallest absolute Gasteiger partial charge is 0.326 e. The van der Waals surface area contributed by atoms with Gasteiger partial charge in [-0.25, -0.2) is 4.79 Å². The van der Waals surface area contributed by atoms with E-state index in [0.717, 1.165) is 36.0 Å². The molecule has 0 aliphatic carbocycles. The van der Waals surface area contributed by atoms with Gasteiger partial charge in [-0.05, 0) is 81.0 Å². The van der Waals surface area contributed by atoms with E-state index < -0.39 is 65.2 Å². The van der Waals surface area contributed by atoms with Crippen molar-refractivity contribution in [1.82, 2.24) is 36.5 Å². The highest BCUT2D eigenvalue weighted by molar-refractivity contribution is 5.97. The van der Waals surface area contributed by atoms with Crippen LogP contribution in [-0.4, -0.2) is 113 Å². The van der Waals surface area contributed by atoms with Crippen LogP contribution in [0.15, 0.2) is 35.5 Å². The number of hydrogen-bond acceptors (Lipinski definition) is 8. The van der Waals surface area contributed by atoms with Gasteiger partial charge in [0.05, 0.1) is 0 Å². The molecule has 3 rings (SSSR count). The number of carboxylic acid groups (broad SMARTS) is 1. The first kappa shape index (κ1) is 47.2. The molecule has 5 atom stereocenters. The lowest BCUT2D eigenvalue weighted by atomic mass is 9.85. The zero-order valence-electron chi connectivity index (χ0n) is 35.0. The molecule has 322 valence electrons. The first-order valence-corrected chi connectivity index (χ1v) is 20.5. The number of aromatic amines is 1. The highest BCUT2D eigenvalue weighted by Crippen LogP contribution is 2.24. The minimum atomic E-state index is -1.19. The molecular weight excluding hydrogens is 745 g/mol. The van der Waals surface area contributed by atoms with Crippen molar-refractivity contribution in [3.8, 4) is 0 Å². The average Bonchev–Trinajstić information content (AvgIpc) is 3.81. The summed E-state index contributed by atoms with van der Waals surface area (Å²) in [7, 11) is 0. The van der Waals surface area contributed by atoms with E-state index in [2.05, 4.69) is 36.6 Å². The van der Waals surface area contributed by atoms with Crippen molar-refractivity contribution in [2.24, 2.45) is 27.8 Å². The van der Waals surface area contributed by atoms with Crippen molar-refractivity contribution in [3.63, 3.8) is 0 Å². The van der Waals surface area contributed by atoms with Crippen molar-refractivity contribution >= 4 is 52.4 Å². The van der Waals surface area contributed by atoms with Crippen LogP contribution >= 0.6 is 0 Å². The molecule has 0 radical (unpaired) electrons. The first-order chi connectivity index (χ1) is 27.4. The van der Waals surface area contributed by atoms with Crippen LogP contribution in [0.25, 0.3) is 10.9 Å². The monoisotopic (exact) mass is 811 g/mol. The zero-order chi connectivity index (χ0) is 43.0. The molecule has 0 unspecified atom stereocenters. The second kappa shape index (κ2) is 22.7. The molecule has 1 aliphatic rings. The topological polar surface area (TPSA) is 266 Å². The summed E-state index contributed by atoms with van der Waals surface area (Å²) in [6.45, 7) is 13.1. The summed E-state index contributed by atoms with van der Waals surface area (Å²) in [6, 6.07) is 2.15. The fourth-order valence-electron chi connectivity index (χ4n) is 7.11. The molecule has 2 heterocycles. The predicted molar refractivity (Wildman–Crippen MR) is 223 cm³/mol. The predicted octanol–water partition coefficient (Wildman–Crippen LogP) is 1.65. The summed E-state index contributed by atoms with van der Waals surface area (Å²) in [4.78, 5) is 90.1. The summed E-state index contributed by atoms with van der Waals surface area (Å²) in [5, 5.41) is 25.1. The lowest BCUT2D eigenvalue weighted by Gasteiger charge is -2.33. The van der Waals surface area contributed by atoms with E-state index in [1.165, 1.54) is 4.90 Å². The Morgan fingerprint density at radius 1 is 0.948 bits per heavy atom. The number of carbonyl (C=O) groups is 6. The normalized spacial score (nSPS) is 16.3. The Labute approximate surface area is 341 Å². The molecular formula is C41H66N10O7. The Bertz CT molecular complexity index is 1730. The van der Waals surface area contributed by atoms with Crippen LogP contribution in [-0.2, 0) is 35.2 Å². The number of amides is 5. The fraction of sp³-hybridized carbons (Fsp3) is 0.634. The number of carboxylic acids is 1. The van der Waals surface area contributed by atoms with Crippen molar-refractivity contribution in [2.75, 3.05) is 26.2 Å². The number of aromatic nitrogens is 1. The Kier molecular flexibility index (Phi) is 18.4. The van der Waals surface area contributed by atoms with E-state index in [1.807, 2.05) is 45.0 Å². The van der Waals surface area contributed by atoms with Gasteiger partial charge in [-0.15, -0.1) is 0 Å². The number of carbonyl (C=O) groups excluding carboxylic acids is 5. The summed E-state index contributed by atoms with van der Waals surface area (Å²) in [5.74, 6) is -3.85. The number of benzene rings is 1. The number of H-pyrrole nitrogens is 1. The van der Waals surface area contributed by atoms with Gasteiger partial charge in [0.15, 0.2) is 5.96 Å². The largest absolute Gasteiger partial charge is 0.480 e. The number of para-hydroxylation sites is 1. The minimum Gasteiger partial charge on any atom is -0.480 e. The van der Waals surface area contributed by atoms with Gasteiger partial charge in [0.2, 0.25) is 29.5 Å². The molecule has 0 saturated carbocycles. The number of nitrogens with two attached hydrogens (primary N) is 2. The molecule has 17 nitrogen and oxygen atoms in total. The Balaban J connectivity index is 1.87. The van der Waals surface area contributed by atoms with E-state index in [1.54, 1.807) is 27.0 Å². The number of fused-ring (bicyclic) bond motifs is 1. The maximum Gasteiger partial charge on any atom is 0.326 e. The van der Waals surface area contributed by atoms with Crippen LogP contribution in [0.2, 0.25) is 0 Å². The number of likely N-dealkylation sites (tertiary alicyclic amines) is 1. The van der Waals surface area contributed by atoms with Crippen LogP contribution in [0.3, 0.4) is 0 Å². The summed E-state index contributed by atoms with van der Waals surface area (Å²) < 4.78 is 0. The van der Waals surface area contributed by atoms with Gasteiger partial charge in [0, 0.05) is 43.0 Å². The number of unbranched alkanes of at least 4 members (excludes halogenated alkanes) is 1. The Morgan fingerprint density at radius 3 is 2.33 bits per heavy atom. The summed E-state index contributed by atoms with van der Waals surface area (Å²) in [5.41, 5.74) is 11.7.